The van der Waals surface area contributed by atoms with Crippen LogP contribution in [-0.4, -0.2) is 80.5 Å². The molecule has 0 rings (SSSR count). The molecule has 0 aliphatic heterocycles. The van der Waals surface area contributed by atoms with Crippen molar-refractivity contribution in [2.45, 2.75) is 31.3 Å². The van der Waals surface area contributed by atoms with E-state index in [-0.39, 0.29) is 6.54 Å². The van der Waals surface area contributed by atoms with Gasteiger partial charge in [-0.2, -0.15) is 0 Å². The summed E-state index contributed by atoms with van der Waals surface area (Å²) >= 11 is 0. The van der Waals surface area contributed by atoms with Crippen LogP contribution in [-0.2, 0) is 4.79 Å². The molecular formula is C11H21NO6. The Morgan fingerprint density at radius 3 is 2.11 bits per heavy atom. The highest BCUT2D eigenvalue weighted by atomic mass is 16.4. The average molecular weight is 263 g/mol. The molecule has 0 aromatic carbocycles. The standard InChI is InChI=1S/C11H21NO6/c1-3-9(16)12(4-2)5-7(14)10(17)11(18)8(15)6-13/h3,7-8,10-11,13-15,17-18H,1,4-6H2,2H3/t7-,8+,10+,11-/m0/s1. The number of carbonyl (C=O) groups is 1. The summed E-state index contributed by atoms with van der Waals surface area (Å²) in [4.78, 5) is 12.5. The van der Waals surface area contributed by atoms with Gasteiger partial charge in [-0.05, 0) is 13.0 Å². The van der Waals surface area contributed by atoms with Gasteiger partial charge < -0.3 is 30.4 Å². The Morgan fingerprint density at radius 2 is 1.72 bits per heavy atom. The van der Waals surface area contributed by atoms with Crippen molar-refractivity contribution in [2.75, 3.05) is 19.7 Å². The van der Waals surface area contributed by atoms with Crippen LogP contribution in [0.25, 0.3) is 0 Å². The Bertz CT molecular complexity index is 272. The number of likely N-dealkylation sites (N-methyl/N-ethyl adjacent to an activating group) is 1. The van der Waals surface area contributed by atoms with Crippen LogP contribution in [0.15, 0.2) is 12.7 Å². The fraction of sp³-hybridized carbons (Fsp3) is 0.727. The zero-order chi connectivity index (χ0) is 14.3. The van der Waals surface area contributed by atoms with Crippen molar-refractivity contribution in [3.8, 4) is 0 Å². The Labute approximate surface area is 106 Å². The molecule has 106 valence electrons. The van der Waals surface area contributed by atoms with E-state index in [1.165, 1.54) is 4.90 Å². The first-order valence-electron chi connectivity index (χ1n) is 5.63. The van der Waals surface area contributed by atoms with Crippen LogP contribution >= 0.6 is 0 Å². The molecule has 0 heterocycles. The highest BCUT2D eigenvalue weighted by molar-refractivity contribution is 5.86. The summed E-state index contributed by atoms with van der Waals surface area (Å²) < 4.78 is 0. The second-order valence-corrected chi connectivity index (χ2v) is 3.88. The first-order valence-corrected chi connectivity index (χ1v) is 5.63. The van der Waals surface area contributed by atoms with Gasteiger partial charge in [-0.15, -0.1) is 0 Å². The molecule has 0 saturated carbocycles. The van der Waals surface area contributed by atoms with E-state index in [1.54, 1.807) is 6.92 Å². The minimum Gasteiger partial charge on any atom is -0.394 e. The Balaban J connectivity index is 4.50. The Kier molecular flexibility index (Phi) is 7.72. The van der Waals surface area contributed by atoms with E-state index in [1.807, 2.05) is 0 Å². The lowest BCUT2D eigenvalue weighted by Gasteiger charge is -2.29. The molecule has 7 heteroatoms. The summed E-state index contributed by atoms with van der Waals surface area (Å²) in [6.45, 7) is 4.33. The fourth-order valence-electron chi connectivity index (χ4n) is 1.40. The number of aliphatic hydroxyl groups excluding tert-OH is 5. The molecule has 4 atom stereocenters. The summed E-state index contributed by atoms with van der Waals surface area (Å²) in [7, 11) is 0. The van der Waals surface area contributed by atoms with Crippen LogP contribution in [0.1, 0.15) is 6.92 Å². The van der Waals surface area contributed by atoms with Gasteiger partial charge in [0.2, 0.25) is 5.91 Å². The Hall–Kier alpha value is -0.990. The third kappa shape index (κ3) is 4.71. The molecule has 0 bridgehead atoms. The fourth-order valence-corrected chi connectivity index (χ4v) is 1.40. The lowest BCUT2D eigenvalue weighted by molar-refractivity contribution is -0.135. The average Bonchev–Trinajstić information content (AvgIpc) is 2.40. The maximum absolute atomic E-state index is 11.3. The lowest BCUT2D eigenvalue weighted by Crippen LogP contribution is -2.50. The quantitative estimate of drug-likeness (QED) is 0.308. The van der Waals surface area contributed by atoms with E-state index in [0.717, 1.165) is 6.08 Å². The predicted molar refractivity (Wildman–Crippen MR) is 63.6 cm³/mol. The maximum Gasteiger partial charge on any atom is 0.246 e. The van der Waals surface area contributed by atoms with Crippen LogP contribution < -0.4 is 0 Å². The SMILES string of the molecule is C=CC(=O)N(CC)C[C@H](O)[C@@H](O)[C@@H](O)[C@H](O)CO. The summed E-state index contributed by atoms with van der Waals surface area (Å²) in [5, 5.41) is 46.3. The van der Waals surface area contributed by atoms with Crippen molar-refractivity contribution in [2.24, 2.45) is 0 Å². The highest BCUT2D eigenvalue weighted by Gasteiger charge is 2.31. The molecule has 0 saturated heterocycles. The molecule has 0 aliphatic carbocycles. The van der Waals surface area contributed by atoms with Crippen molar-refractivity contribution in [1.29, 1.82) is 0 Å². The topological polar surface area (TPSA) is 121 Å². The highest BCUT2D eigenvalue weighted by Crippen LogP contribution is 2.07. The minimum absolute atomic E-state index is 0.211. The molecule has 7 nitrogen and oxygen atoms in total. The molecule has 0 spiro atoms. The Morgan fingerprint density at radius 1 is 1.22 bits per heavy atom. The van der Waals surface area contributed by atoms with Crippen molar-refractivity contribution >= 4 is 5.91 Å². The van der Waals surface area contributed by atoms with E-state index >= 15 is 0 Å². The van der Waals surface area contributed by atoms with Gasteiger partial charge in [0.25, 0.3) is 0 Å². The maximum atomic E-state index is 11.3. The number of amides is 1. The van der Waals surface area contributed by atoms with Gasteiger partial charge in [0.05, 0.1) is 6.61 Å². The van der Waals surface area contributed by atoms with Gasteiger partial charge in [0, 0.05) is 13.1 Å². The first-order chi connectivity index (χ1) is 8.38. The monoisotopic (exact) mass is 263 g/mol. The summed E-state index contributed by atoms with van der Waals surface area (Å²) in [6.07, 6.45) is -5.28. The molecule has 0 fully saturated rings. The van der Waals surface area contributed by atoms with E-state index in [0.29, 0.717) is 6.54 Å². The lowest BCUT2D eigenvalue weighted by atomic mass is 10.0. The van der Waals surface area contributed by atoms with E-state index < -0.39 is 36.9 Å². The molecule has 0 aromatic heterocycles. The van der Waals surface area contributed by atoms with E-state index in [2.05, 4.69) is 6.58 Å². The van der Waals surface area contributed by atoms with Gasteiger partial charge in [0.1, 0.15) is 24.4 Å². The van der Waals surface area contributed by atoms with Gasteiger partial charge in [-0.3, -0.25) is 4.79 Å². The minimum atomic E-state index is -1.69. The van der Waals surface area contributed by atoms with Crippen molar-refractivity contribution in [1.82, 2.24) is 4.90 Å². The predicted octanol–water partition coefficient (Wildman–Crippen LogP) is -2.54. The van der Waals surface area contributed by atoms with Crippen molar-refractivity contribution in [3.05, 3.63) is 12.7 Å². The van der Waals surface area contributed by atoms with Gasteiger partial charge >= 0.3 is 0 Å². The van der Waals surface area contributed by atoms with Gasteiger partial charge in [-0.1, -0.05) is 6.58 Å². The smallest absolute Gasteiger partial charge is 0.246 e. The van der Waals surface area contributed by atoms with Gasteiger partial charge in [-0.25, -0.2) is 0 Å². The first kappa shape index (κ1) is 17.0. The van der Waals surface area contributed by atoms with Crippen LogP contribution in [0, 0.1) is 0 Å². The third-order valence-electron chi connectivity index (χ3n) is 2.60. The summed E-state index contributed by atoms with van der Waals surface area (Å²) in [5.41, 5.74) is 0. The zero-order valence-electron chi connectivity index (χ0n) is 10.3. The van der Waals surface area contributed by atoms with Crippen LogP contribution in [0.2, 0.25) is 0 Å². The normalized spacial score (nSPS) is 17.7. The number of rotatable bonds is 8. The van der Waals surface area contributed by atoms with Crippen LogP contribution in [0.3, 0.4) is 0 Å². The largest absolute Gasteiger partial charge is 0.394 e. The molecular weight excluding hydrogens is 242 g/mol. The third-order valence-corrected chi connectivity index (χ3v) is 2.60. The number of aliphatic hydroxyl groups is 5. The molecule has 18 heavy (non-hydrogen) atoms. The second kappa shape index (κ2) is 8.17. The van der Waals surface area contributed by atoms with E-state index in [4.69, 9.17) is 10.2 Å². The van der Waals surface area contributed by atoms with Gasteiger partial charge in [0.15, 0.2) is 0 Å². The summed E-state index contributed by atoms with van der Waals surface area (Å²) in [5.74, 6) is -0.416. The number of hydrogen-bond donors (Lipinski definition) is 5. The molecule has 0 aliphatic rings. The molecule has 5 N–H and O–H groups in total. The number of nitrogens with zero attached hydrogens (tertiary/aromatic N) is 1. The molecule has 0 radical (unpaired) electrons. The van der Waals surface area contributed by atoms with E-state index in [9.17, 15) is 20.1 Å². The van der Waals surface area contributed by atoms with Crippen LogP contribution in [0.4, 0.5) is 0 Å². The van der Waals surface area contributed by atoms with Crippen molar-refractivity contribution in [3.63, 3.8) is 0 Å². The number of carbonyl (C=O) groups excluding carboxylic acids is 1. The molecule has 0 aromatic rings. The van der Waals surface area contributed by atoms with Crippen molar-refractivity contribution < 1.29 is 30.3 Å². The van der Waals surface area contributed by atoms with Crippen LogP contribution in [0.5, 0.6) is 0 Å². The summed E-state index contributed by atoms with van der Waals surface area (Å²) in [6, 6.07) is 0. The number of hydrogen-bond acceptors (Lipinski definition) is 6. The zero-order valence-corrected chi connectivity index (χ0v) is 10.3. The molecule has 0 unspecified atom stereocenters. The second-order valence-electron chi connectivity index (χ2n) is 3.88. The molecule has 1 amide bonds.